The number of carboxylic acid groups (broad SMARTS) is 1. The molecule has 17 heavy (non-hydrogen) atoms. The van der Waals surface area contributed by atoms with E-state index < -0.39 is 11.5 Å². The highest BCUT2D eigenvalue weighted by Gasteiger charge is 2.50. The second kappa shape index (κ2) is 3.62. The molecule has 0 spiro atoms. The van der Waals surface area contributed by atoms with E-state index in [9.17, 15) is 14.7 Å². The van der Waals surface area contributed by atoms with Crippen molar-refractivity contribution in [3.8, 4) is 0 Å². The third-order valence-corrected chi connectivity index (χ3v) is 4.03. The Kier molecular flexibility index (Phi) is 2.60. The number of hydrogen-bond donors (Lipinski definition) is 3. The summed E-state index contributed by atoms with van der Waals surface area (Å²) in [5.41, 5.74) is -0.973. The van der Waals surface area contributed by atoms with Crippen molar-refractivity contribution >= 4 is 12.0 Å². The summed E-state index contributed by atoms with van der Waals surface area (Å²) in [5.74, 6) is -0.886. The molecular weight excluding hydrogens is 220 g/mol. The number of carboxylic acids is 1. The van der Waals surface area contributed by atoms with E-state index in [-0.39, 0.29) is 23.4 Å². The lowest BCUT2D eigenvalue weighted by Gasteiger charge is -2.26. The van der Waals surface area contributed by atoms with Gasteiger partial charge in [0, 0.05) is 6.04 Å². The van der Waals surface area contributed by atoms with E-state index in [4.69, 9.17) is 0 Å². The van der Waals surface area contributed by atoms with Gasteiger partial charge in [0.15, 0.2) is 0 Å². The molecule has 0 aromatic rings. The molecule has 2 unspecified atom stereocenters. The zero-order valence-corrected chi connectivity index (χ0v) is 10.5. The first-order valence-corrected chi connectivity index (χ1v) is 6.08. The number of amides is 2. The summed E-state index contributed by atoms with van der Waals surface area (Å²) < 4.78 is 0. The van der Waals surface area contributed by atoms with Crippen LogP contribution < -0.4 is 10.6 Å². The van der Waals surface area contributed by atoms with Crippen LogP contribution in [0.4, 0.5) is 4.79 Å². The van der Waals surface area contributed by atoms with Crippen molar-refractivity contribution in [3.63, 3.8) is 0 Å². The van der Waals surface area contributed by atoms with E-state index in [1.165, 1.54) is 0 Å². The molecule has 0 radical (unpaired) electrons. The van der Waals surface area contributed by atoms with Crippen molar-refractivity contribution in [1.29, 1.82) is 0 Å². The molecule has 0 heterocycles. The molecule has 0 saturated heterocycles. The number of carbonyl (C=O) groups excluding carboxylic acids is 1. The van der Waals surface area contributed by atoms with Gasteiger partial charge in [-0.25, -0.2) is 9.59 Å². The molecule has 0 aliphatic heterocycles. The Morgan fingerprint density at radius 1 is 1.35 bits per heavy atom. The summed E-state index contributed by atoms with van der Waals surface area (Å²) in [7, 11) is 0. The van der Waals surface area contributed by atoms with E-state index in [2.05, 4.69) is 24.5 Å². The van der Waals surface area contributed by atoms with Gasteiger partial charge < -0.3 is 15.7 Å². The molecule has 3 N–H and O–H groups in total. The minimum atomic E-state index is -1.12. The molecule has 2 atom stereocenters. The first kappa shape index (κ1) is 12.2. The number of rotatable bonds is 4. The maximum absolute atomic E-state index is 11.7. The maximum Gasteiger partial charge on any atom is 0.329 e. The molecule has 0 aromatic heterocycles. The highest BCUT2D eigenvalue weighted by molar-refractivity contribution is 5.86. The average molecular weight is 240 g/mol. The molecule has 5 nitrogen and oxygen atoms in total. The summed E-state index contributed by atoms with van der Waals surface area (Å²) in [5, 5.41) is 14.6. The highest BCUT2D eigenvalue weighted by atomic mass is 16.4. The molecule has 2 saturated carbocycles. The predicted octanol–water partition coefficient (Wildman–Crippen LogP) is 1.34. The van der Waals surface area contributed by atoms with Crippen LogP contribution in [0.15, 0.2) is 0 Å². The van der Waals surface area contributed by atoms with Crippen molar-refractivity contribution in [2.24, 2.45) is 11.3 Å². The van der Waals surface area contributed by atoms with Crippen molar-refractivity contribution in [2.75, 3.05) is 0 Å². The first-order chi connectivity index (χ1) is 7.75. The molecule has 2 amide bonds. The number of urea groups is 1. The van der Waals surface area contributed by atoms with Crippen LogP contribution >= 0.6 is 0 Å². The Bertz CT molecular complexity index is 363. The molecule has 2 aliphatic carbocycles. The average Bonchev–Trinajstić information content (AvgIpc) is 3.04. The van der Waals surface area contributed by atoms with E-state index in [0.717, 1.165) is 19.3 Å². The van der Waals surface area contributed by atoms with Gasteiger partial charge in [-0.1, -0.05) is 13.8 Å². The molecule has 0 aromatic carbocycles. The van der Waals surface area contributed by atoms with Gasteiger partial charge in [0.1, 0.15) is 5.54 Å². The SMILES string of the molecule is CC1(C)CC1NC(=O)NC(C)(C(=O)O)C1CC1. The van der Waals surface area contributed by atoms with Crippen molar-refractivity contribution < 1.29 is 14.7 Å². The molecule has 5 heteroatoms. The maximum atomic E-state index is 11.7. The molecule has 96 valence electrons. The zero-order chi connectivity index (χ0) is 12.8. The van der Waals surface area contributed by atoms with Gasteiger partial charge in [-0.3, -0.25) is 0 Å². The smallest absolute Gasteiger partial charge is 0.329 e. The minimum Gasteiger partial charge on any atom is -0.480 e. The summed E-state index contributed by atoms with van der Waals surface area (Å²) in [6, 6.07) is -0.197. The summed E-state index contributed by atoms with van der Waals surface area (Å²) >= 11 is 0. The summed E-state index contributed by atoms with van der Waals surface area (Å²) in [6.45, 7) is 5.75. The molecule has 2 aliphatic rings. The van der Waals surface area contributed by atoms with E-state index in [1.807, 2.05) is 0 Å². The van der Waals surface area contributed by atoms with Crippen LogP contribution in [0, 0.1) is 11.3 Å². The number of carbonyl (C=O) groups is 2. The van der Waals surface area contributed by atoms with Gasteiger partial charge in [0.05, 0.1) is 0 Å². The van der Waals surface area contributed by atoms with Gasteiger partial charge in [-0.05, 0) is 37.5 Å². The predicted molar refractivity (Wildman–Crippen MR) is 62.6 cm³/mol. The fourth-order valence-corrected chi connectivity index (χ4v) is 2.13. The summed E-state index contributed by atoms with van der Waals surface area (Å²) in [6.07, 6.45) is 2.70. The molecule has 2 fully saturated rings. The van der Waals surface area contributed by atoms with Gasteiger partial charge in [0.25, 0.3) is 0 Å². The van der Waals surface area contributed by atoms with Crippen molar-refractivity contribution in [1.82, 2.24) is 10.6 Å². The second-order valence-corrected chi connectivity index (χ2v) is 6.13. The lowest BCUT2D eigenvalue weighted by Crippen LogP contribution is -2.57. The Hall–Kier alpha value is -1.26. The standard InChI is InChI=1S/C12H20N2O3/c1-11(2)6-8(11)13-10(17)14-12(3,9(15)16)7-4-5-7/h7-8H,4-6H2,1-3H3,(H,15,16)(H2,13,14,17). The summed E-state index contributed by atoms with van der Waals surface area (Å²) in [4.78, 5) is 23.0. The molecule has 2 rings (SSSR count). The van der Waals surface area contributed by atoms with Crippen molar-refractivity contribution in [2.45, 2.75) is 51.6 Å². The van der Waals surface area contributed by atoms with Crippen LogP contribution in [0.5, 0.6) is 0 Å². The van der Waals surface area contributed by atoms with E-state index in [1.54, 1.807) is 6.92 Å². The Balaban J connectivity index is 1.90. The third kappa shape index (κ3) is 2.37. The Morgan fingerprint density at radius 2 is 1.88 bits per heavy atom. The lowest BCUT2D eigenvalue weighted by molar-refractivity contribution is -0.144. The van der Waals surface area contributed by atoms with Crippen LogP contribution in [-0.2, 0) is 4.79 Å². The Labute approximate surface area is 101 Å². The van der Waals surface area contributed by atoms with Crippen molar-refractivity contribution in [3.05, 3.63) is 0 Å². The highest BCUT2D eigenvalue weighted by Crippen LogP contribution is 2.44. The van der Waals surface area contributed by atoms with Gasteiger partial charge in [-0.2, -0.15) is 0 Å². The zero-order valence-electron chi connectivity index (χ0n) is 10.5. The third-order valence-electron chi connectivity index (χ3n) is 4.03. The first-order valence-electron chi connectivity index (χ1n) is 6.08. The largest absolute Gasteiger partial charge is 0.480 e. The van der Waals surface area contributed by atoms with Crippen LogP contribution in [0.25, 0.3) is 0 Å². The normalized spacial score (nSPS) is 29.0. The quantitative estimate of drug-likeness (QED) is 0.693. The van der Waals surface area contributed by atoms with Crippen LogP contribution in [0.2, 0.25) is 0 Å². The topological polar surface area (TPSA) is 78.4 Å². The molecule has 0 bridgehead atoms. The van der Waals surface area contributed by atoms with Crippen LogP contribution in [0.3, 0.4) is 0 Å². The number of aliphatic carboxylic acids is 1. The van der Waals surface area contributed by atoms with Gasteiger partial charge in [0.2, 0.25) is 0 Å². The monoisotopic (exact) mass is 240 g/mol. The van der Waals surface area contributed by atoms with E-state index >= 15 is 0 Å². The van der Waals surface area contributed by atoms with Crippen LogP contribution in [0.1, 0.15) is 40.0 Å². The van der Waals surface area contributed by atoms with Crippen LogP contribution in [-0.4, -0.2) is 28.7 Å². The number of hydrogen-bond acceptors (Lipinski definition) is 2. The number of nitrogens with one attached hydrogen (secondary N) is 2. The Morgan fingerprint density at radius 3 is 2.24 bits per heavy atom. The van der Waals surface area contributed by atoms with E-state index in [0.29, 0.717) is 0 Å². The lowest BCUT2D eigenvalue weighted by atomic mass is 9.96. The molecular formula is C12H20N2O3. The minimum absolute atomic E-state index is 0.0676. The fraction of sp³-hybridized carbons (Fsp3) is 0.833. The fourth-order valence-electron chi connectivity index (χ4n) is 2.13. The van der Waals surface area contributed by atoms with Gasteiger partial charge in [-0.15, -0.1) is 0 Å². The van der Waals surface area contributed by atoms with Gasteiger partial charge >= 0.3 is 12.0 Å². The second-order valence-electron chi connectivity index (χ2n) is 6.13.